The number of esters is 1. The van der Waals surface area contributed by atoms with Crippen molar-refractivity contribution in [2.45, 2.75) is 33.1 Å². The van der Waals surface area contributed by atoms with Crippen molar-refractivity contribution in [3.05, 3.63) is 10.4 Å². The Morgan fingerprint density at radius 1 is 1.43 bits per heavy atom. The number of rotatable bonds is 6. The van der Waals surface area contributed by atoms with Crippen molar-refractivity contribution in [1.82, 2.24) is 0 Å². The number of anilines is 2. The van der Waals surface area contributed by atoms with Crippen molar-refractivity contribution in [2.75, 3.05) is 24.2 Å². The zero-order valence-electron chi connectivity index (χ0n) is 12.3. The number of ether oxygens (including phenoxy) is 1. The molecule has 0 saturated heterocycles. The standard InChI is InChI=1S/C14H21N3O3S/c1-3-20-13(19)8-9(15)10(11(16)18)21-12(8)17-7-14(2)5-4-6-14/h17H,3-7,15H2,1-2H3,(H2,16,18). The Bertz CT molecular complexity index is 564. The molecule has 1 saturated carbocycles. The fraction of sp³-hybridized carbons (Fsp3) is 0.571. The second-order valence-electron chi connectivity index (χ2n) is 5.65. The van der Waals surface area contributed by atoms with Crippen molar-refractivity contribution >= 4 is 33.9 Å². The van der Waals surface area contributed by atoms with E-state index in [-0.39, 0.29) is 28.1 Å². The lowest BCUT2D eigenvalue weighted by Crippen LogP contribution is -2.33. The maximum absolute atomic E-state index is 12.0. The van der Waals surface area contributed by atoms with E-state index in [0.717, 1.165) is 30.7 Å². The Morgan fingerprint density at radius 3 is 2.57 bits per heavy atom. The molecule has 5 N–H and O–H groups in total. The van der Waals surface area contributed by atoms with E-state index in [4.69, 9.17) is 16.2 Å². The third-order valence-electron chi connectivity index (χ3n) is 3.88. The number of carbonyl (C=O) groups is 2. The lowest BCUT2D eigenvalue weighted by atomic mass is 9.70. The van der Waals surface area contributed by atoms with E-state index in [1.54, 1.807) is 6.92 Å². The summed E-state index contributed by atoms with van der Waals surface area (Å²) in [4.78, 5) is 23.6. The minimum absolute atomic E-state index is 0.104. The van der Waals surface area contributed by atoms with Crippen molar-refractivity contribution in [3.8, 4) is 0 Å². The van der Waals surface area contributed by atoms with Gasteiger partial charge in [-0.2, -0.15) is 0 Å². The zero-order valence-corrected chi connectivity index (χ0v) is 13.1. The van der Waals surface area contributed by atoms with Crippen LogP contribution in [-0.2, 0) is 4.74 Å². The van der Waals surface area contributed by atoms with Gasteiger partial charge in [0.15, 0.2) is 0 Å². The predicted molar refractivity (Wildman–Crippen MR) is 83.7 cm³/mol. The number of hydrogen-bond acceptors (Lipinski definition) is 6. The molecule has 0 unspecified atom stereocenters. The summed E-state index contributed by atoms with van der Waals surface area (Å²) in [7, 11) is 0. The fourth-order valence-electron chi connectivity index (χ4n) is 2.41. The van der Waals surface area contributed by atoms with E-state index in [0.29, 0.717) is 5.00 Å². The topological polar surface area (TPSA) is 107 Å². The van der Waals surface area contributed by atoms with Gasteiger partial charge in [-0.1, -0.05) is 13.3 Å². The van der Waals surface area contributed by atoms with Gasteiger partial charge in [-0.15, -0.1) is 11.3 Å². The van der Waals surface area contributed by atoms with Gasteiger partial charge in [0, 0.05) is 6.54 Å². The zero-order chi connectivity index (χ0) is 15.6. The Balaban J connectivity index is 2.26. The average Bonchev–Trinajstić information content (AvgIpc) is 2.71. The minimum Gasteiger partial charge on any atom is -0.462 e. The molecule has 0 radical (unpaired) electrons. The first-order chi connectivity index (χ1) is 9.88. The number of primary amides is 1. The maximum atomic E-state index is 12.0. The summed E-state index contributed by atoms with van der Waals surface area (Å²) >= 11 is 1.11. The molecule has 0 aromatic carbocycles. The first-order valence-electron chi connectivity index (χ1n) is 7.01. The Kier molecular flexibility index (Phi) is 4.41. The quantitative estimate of drug-likeness (QED) is 0.698. The van der Waals surface area contributed by atoms with Crippen LogP contribution >= 0.6 is 11.3 Å². The van der Waals surface area contributed by atoms with Gasteiger partial charge in [0.1, 0.15) is 15.4 Å². The minimum atomic E-state index is -0.633. The molecule has 0 bridgehead atoms. The largest absolute Gasteiger partial charge is 0.462 e. The van der Waals surface area contributed by atoms with E-state index in [1.165, 1.54) is 6.42 Å². The second-order valence-corrected chi connectivity index (χ2v) is 6.67. The molecule has 0 spiro atoms. The predicted octanol–water partition coefficient (Wildman–Crippen LogP) is 2.21. The van der Waals surface area contributed by atoms with Crippen molar-refractivity contribution in [2.24, 2.45) is 11.1 Å². The second kappa shape index (κ2) is 5.93. The normalized spacial score (nSPS) is 16.1. The molecule has 1 fully saturated rings. The number of carbonyl (C=O) groups excluding carboxylic acids is 2. The summed E-state index contributed by atoms with van der Waals surface area (Å²) in [6, 6.07) is 0. The molecule has 1 heterocycles. The summed E-state index contributed by atoms with van der Waals surface area (Å²) < 4.78 is 5.01. The van der Waals surface area contributed by atoms with E-state index in [2.05, 4.69) is 12.2 Å². The van der Waals surface area contributed by atoms with E-state index < -0.39 is 11.9 Å². The van der Waals surface area contributed by atoms with Crippen LogP contribution in [0.3, 0.4) is 0 Å². The molecular weight excluding hydrogens is 290 g/mol. The van der Waals surface area contributed by atoms with Crippen LogP contribution in [-0.4, -0.2) is 25.0 Å². The summed E-state index contributed by atoms with van der Waals surface area (Å²) in [5.41, 5.74) is 11.8. The highest BCUT2D eigenvalue weighted by Gasteiger charge is 2.33. The molecule has 7 heteroatoms. The Morgan fingerprint density at radius 2 is 2.10 bits per heavy atom. The van der Waals surface area contributed by atoms with E-state index in [1.807, 2.05) is 0 Å². The summed E-state index contributed by atoms with van der Waals surface area (Å²) in [5.74, 6) is -1.16. The SMILES string of the molecule is CCOC(=O)c1c(NCC2(C)CCC2)sc(C(N)=O)c1N. The molecule has 0 atom stereocenters. The highest BCUT2D eigenvalue weighted by molar-refractivity contribution is 7.19. The number of amides is 1. The van der Waals surface area contributed by atoms with Gasteiger partial charge in [0.05, 0.1) is 12.3 Å². The molecule has 2 rings (SSSR count). The van der Waals surface area contributed by atoms with Crippen LogP contribution in [0.15, 0.2) is 0 Å². The fourth-order valence-corrected chi connectivity index (χ4v) is 3.36. The van der Waals surface area contributed by atoms with E-state index in [9.17, 15) is 9.59 Å². The molecule has 1 aliphatic carbocycles. The Labute approximate surface area is 127 Å². The average molecular weight is 311 g/mol. The van der Waals surface area contributed by atoms with Crippen LogP contribution in [0.5, 0.6) is 0 Å². The highest BCUT2D eigenvalue weighted by atomic mass is 32.1. The highest BCUT2D eigenvalue weighted by Crippen LogP contribution is 2.42. The van der Waals surface area contributed by atoms with Gasteiger partial charge >= 0.3 is 5.97 Å². The molecule has 1 aliphatic rings. The molecule has 0 aliphatic heterocycles. The summed E-state index contributed by atoms with van der Waals surface area (Å²) in [6.07, 6.45) is 3.53. The first kappa shape index (κ1) is 15.6. The summed E-state index contributed by atoms with van der Waals surface area (Å²) in [5, 5.41) is 3.80. The number of nitrogens with two attached hydrogens (primary N) is 2. The van der Waals surface area contributed by atoms with Gasteiger partial charge in [0.25, 0.3) is 5.91 Å². The van der Waals surface area contributed by atoms with Gasteiger partial charge in [0.2, 0.25) is 0 Å². The Hall–Kier alpha value is -1.76. The first-order valence-corrected chi connectivity index (χ1v) is 7.82. The monoisotopic (exact) mass is 311 g/mol. The summed E-state index contributed by atoms with van der Waals surface area (Å²) in [6.45, 7) is 4.90. The van der Waals surface area contributed by atoms with Crippen LogP contribution in [0.1, 0.15) is 53.1 Å². The molecule has 21 heavy (non-hydrogen) atoms. The smallest absolute Gasteiger partial charge is 0.343 e. The van der Waals surface area contributed by atoms with Crippen LogP contribution in [0.2, 0.25) is 0 Å². The van der Waals surface area contributed by atoms with Crippen LogP contribution in [0, 0.1) is 5.41 Å². The van der Waals surface area contributed by atoms with Crippen LogP contribution in [0.25, 0.3) is 0 Å². The maximum Gasteiger partial charge on any atom is 0.343 e. The van der Waals surface area contributed by atoms with Gasteiger partial charge in [-0.3, -0.25) is 4.79 Å². The lowest BCUT2D eigenvalue weighted by Gasteiger charge is -2.38. The van der Waals surface area contributed by atoms with Crippen LogP contribution < -0.4 is 16.8 Å². The van der Waals surface area contributed by atoms with Crippen molar-refractivity contribution in [3.63, 3.8) is 0 Å². The number of thiophene rings is 1. The van der Waals surface area contributed by atoms with Gasteiger partial charge in [-0.05, 0) is 25.2 Å². The molecule has 1 amide bonds. The van der Waals surface area contributed by atoms with Crippen molar-refractivity contribution in [1.29, 1.82) is 0 Å². The molecule has 1 aromatic heterocycles. The third kappa shape index (κ3) is 3.12. The molecule has 116 valence electrons. The number of hydrogen-bond donors (Lipinski definition) is 3. The number of nitrogens with one attached hydrogen (secondary N) is 1. The number of nitrogen functional groups attached to an aromatic ring is 1. The third-order valence-corrected chi connectivity index (χ3v) is 5.06. The molecule has 1 aromatic rings. The van der Waals surface area contributed by atoms with Gasteiger partial charge < -0.3 is 21.5 Å². The van der Waals surface area contributed by atoms with Gasteiger partial charge in [-0.25, -0.2) is 4.79 Å². The lowest BCUT2D eigenvalue weighted by molar-refractivity contribution is 0.0529. The van der Waals surface area contributed by atoms with Crippen LogP contribution in [0.4, 0.5) is 10.7 Å². The van der Waals surface area contributed by atoms with Crippen molar-refractivity contribution < 1.29 is 14.3 Å². The molecular formula is C14H21N3O3S. The molecule has 6 nitrogen and oxygen atoms in total. The van der Waals surface area contributed by atoms with E-state index >= 15 is 0 Å².